The zero-order valence-corrected chi connectivity index (χ0v) is 16.2. The van der Waals surface area contributed by atoms with E-state index in [-0.39, 0.29) is 24.4 Å². The fourth-order valence-electron chi connectivity index (χ4n) is 2.35. The van der Waals surface area contributed by atoms with Crippen LogP contribution in [0, 0.1) is 17.0 Å². The number of nitro groups is 1. The van der Waals surface area contributed by atoms with Gasteiger partial charge in [0, 0.05) is 17.3 Å². The second-order valence-corrected chi connectivity index (χ2v) is 5.97. The lowest BCUT2D eigenvalue weighted by atomic mass is 10.2. The number of rotatable bonds is 10. The molecule has 0 fully saturated rings. The van der Waals surface area contributed by atoms with Crippen molar-refractivity contribution in [2.45, 2.75) is 20.3 Å². The number of carbonyl (C=O) groups excluding carboxylic acids is 2. The van der Waals surface area contributed by atoms with Gasteiger partial charge in [-0.05, 0) is 44.2 Å². The molecule has 0 aromatic heterocycles. The summed E-state index contributed by atoms with van der Waals surface area (Å²) >= 11 is 0. The highest BCUT2D eigenvalue weighted by atomic mass is 16.6. The molecule has 2 aromatic carbocycles. The van der Waals surface area contributed by atoms with Gasteiger partial charge in [0.1, 0.15) is 11.5 Å². The van der Waals surface area contributed by atoms with Crippen molar-refractivity contribution in [1.82, 2.24) is 0 Å². The van der Waals surface area contributed by atoms with E-state index in [0.717, 1.165) is 5.75 Å². The SMILES string of the molecule is CCOc1ccc(OCCC(=O)OCC(=O)Nc2ccc(C)c([N+](=O)[O-])c2)cc1. The van der Waals surface area contributed by atoms with E-state index < -0.39 is 23.4 Å². The van der Waals surface area contributed by atoms with Crippen molar-refractivity contribution in [2.75, 3.05) is 25.1 Å². The number of anilines is 1. The number of aryl methyl sites for hydroxylation is 1. The van der Waals surface area contributed by atoms with Gasteiger partial charge in [-0.25, -0.2) is 0 Å². The highest BCUT2D eigenvalue weighted by molar-refractivity contribution is 5.93. The maximum absolute atomic E-state index is 11.9. The monoisotopic (exact) mass is 402 g/mol. The first-order chi connectivity index (χ1) is 13.9. The molecule has 0 saturated heterocycles. The minimum Gasteiger partial charge on any atom is -0.494 e. The second kappa shape index (κ2) is 10.6. The van der Waals surface area contributed by atoms with Crippen molar-refractivity contribution in [2.24, 2.45) is 0 Å². The van der Waals surface area contributed by atoms with Gasteiger partial charge in [-0.15, -0.1) is 0 Å². The van der Waals surface area contributed by atoms with Crippen LogP contribution in [0.15, 0.2) is 42.5 Å². The molecule has 1 N–H and O–H groups in total. The highest BCUT2D eigenvalue weighted by Gasteiger charge is 2.13. The number of nitrogens with one attached hydrogen (secondary N) is 1. The molecule has 0 aliphatic carbocycles. The number of carbonyl (C=O) groups is 2. The van der Waals surface area contributed by atoms with Gasteiger partial charge in [-0.1, -0.05) is 6.07 Å². The maximum Gasteiger partial charge on any atom is 0.309 e. The van der Waals surface area contributed by atoms with Gasteiger partial charge >= 0.3 is 5.97 Å². The van der Waals surface area contributed by atoms with Gasteiger partial charge in [0.05, 0.1) is 24.6 Å². The first-order valence-electron chi connectivity index (χ1n) is 8.95. The van der Waals surface area contributed by atoms with Gasteiger partial charge in [0.15, 0.2) is 6.61 Å². The molecule has 0 saturated carbocycles. The van der Waals surface area contributed by atoms with Crippen molar-refractivity contribution in [3.8, 4) is 11.5 Å². The Morgan fingerprint density at radius 2 is 1.72 bits per heavy atom. The maximum atomic E-state index is 11.9. The van der Waals surface area contributed by atoms with Crippen molar-refractivity contribution in [1.29, 1.82) is 0 Å². The van der Waals surface area contributed by atoms with Crippen LogP contribution < -0.4 is 14.8 Å². The first-order valence-corrected chi connectivity index (χ1v) is 8.95. The van der Waals surface area contributed by atoms with E-state index in [4.69, 9.17) is 14.2 Å². The van der Waals surface area contributed by atoms with Crippen LogP contribution in [0.1, 0.15) is 18.9 Å². The molecular formula is C20H22N2O7. The molecule has 0 atom stereocenters. The summed E-state index contributed by atoms with van der Waals surface area (Å²) < 4.78 is 15.6. The first kappa shape index (κ1) is 21.7. The smallest absolute Gasteiger partial charge is 0.309 e. The number of hydrogen-bond acceptors (Lipinski definition) is 7. The minimum atomic E-state index is -0.596. The van der Waals surface area contributed by atoms with Crippen LogP contribution in [0.3, 0.4) is 0 Å². The zero-order valence-electron chi connectivity index (χ0n) is 16.2. The third kappa shape index (κ3) is 7.13. The molecule has 0 heterocycles. The van der Waals surface area contributed by atoms with Crippen LogP contribution in [-0.2, 0) is 14.3 Å². The summed E-state index contributed by atoms with van der Waals surface area (Å²) in [6.45, 7) is 3.66. The summed E-state index contributed by atoms with van der Waals surface area (Å²) in [5, 5.41) is 13.4. The summed E-state index contributed by atoms with van der Waals surface area (Å²) in [5.74, 6) is 0.119. The average Bonchev–Trinajstić information content (AvgIpc) is 2.69. The van der Waals surface area contributed by atoms with Crippen LogP contribution in [0.2, 0.25) is 0 Å². The number of esters is 1. The normalized spacial score (nSPS) is 10.1. The molecule has 1 amide bonds. The number of nitro benzene ring substituents is 1. The van der Waals surface area contributed by atoms with Gasteiger partial charge in [-0.3, -0.25) is 19.7 Å². The number of ether oxygens (including phenoxy) is 3. The van der Waals surface area contributed by atoms with Gasteiger partial charge < -0.3 is 19.5 Å². The largest absolute Gasteiger partial charge is 0.494 e. The molecule has 2 aromatic rings. The molecule has 0 aliphatic rings. The zero-order chi connectivity index (χ0) is 21.2. The van der Waals surface area contributed by atoms with Crippen LogP contribution >= 0.6 is 0 Å². The van der Waals surface area contributed by atoms with Crippen molar-refractivity contribution < 1.29 is 28.7 Å². The van der Waals surface area contributed by atoms with Gasteiger partial charge in [-0.2, -0.15) is 0 Å². The Kier molecular flexibility index (Phi) is 7.96. The third-order valence-electron chi connectivity index (χ3n) is 3.76. The third-order valence-corrected chi connectivity index (χ3v) is 3.76. The summed E-state index contributed by atoms with van der Waals surface area (Å²) in [6, 6.07) is 11.3. The topological polar surface area (TPSA) is 117 Å². The molecule has 154 valence electrons. The molecule has 0 spiro atoms. The summed E-state index contributed by atoms with van der Waals surface area (Å²) in [4.78, 5) is 34.0. The summed E-state index contributed by atoms with van der Waals surface area (Å²) in [6.07, 6.45) is -0.0313. The lowest BCUT2D eigenvalue weighted by Crippen LogP contribution is -2.21. The fourth-order valence-corrected chi connectivity index (χ4v) is 2.35. The molecule has 2 rings (SSSR count). The van der Waals surface area contributed by atoms with E-state index in [9.17, 15) is 19.7 Å². The quantitative estimate of drug-likeness (QED) is 0.368. The summed E-state index contributed by atoms with van der Waals surface area (Å²) in [7, 11) is 0. The standard InChI is InChI=1S/C20H22N2O7/c1-3-27-16-6-8-17(9-7-16)28-11-10-20(24)29-13-19(23)21-15-5-4-14(2)18(12-15)22(25)26/h4-9,12H,3,10-11,13H2,1-2H3,(H,21,23). The molecule has 0 radical (unpaired) electrons. The van der Waals surface area contributed by atoms with Gasteiger partial charge in [0.25, 0.3) is 11.6 Å². The van der Waals surface area contributed by atoms with Crippen LogP contribution in [0.5, 0.6) is 11.5 Å². The van der Waals surface area contributed by atoms with E-state index in [0.29, 0.717) is 17.9 Å². The van der Waals surface area contributed by atoms with Crippen molar-refractivity contribution >= 4 is 23.3 Å². The second-order valence-electron chi connectivity index (χ2n) is 5.97. The molecule has 0 unspecified atom stereocenters. The van der Waals surface area contributed by atoms with E-state index in [1.807, 2.05) is 6.92 Å². The summed E-state index contributed by atoms with van der Waals surface area (Å²) in [5.41, 5.74) is 0.625. The number of nitrogens with zero attached hydrogens (tertiary/aromatic N) is 1. The molecule has 9 heteroatoms. The van der Waals surface area contributed by atoms with Crippen molar-refractivity contribution in [3.63, 3.8) is 0 Å². The molecule has 9 nitrogen and oxygen atoms in total. The Balaban J connectivity index is 1.71. The van der Waals surface area contributed by atoms with Crippen LogP contribution in [-0.4, -0.2) is 36.6 Å². The molecular weight excluding hydrogens is 380 g/mol. The van der Waals surface area contributed by atoms with E-state index in [1.165, 1.54) is 18.2 Å². The molecule has 29 heavy (non-hydrogen) atoms. The fraction of sp³-hybridized carbons (Fsp3) is 0.300. The Hall–Kier alpha value is -3.62. The Bertz CT molecular complexity index is 866. The Labute approximate surface area is 167 Å². The number of hydrogen-bond donors (Lipinski definition) is 1. The van der Waals surface area contributed by atoms with Crippen LogP contribution in [0.25, 0.3) is 0 Å². The van der Waals surface area contributed by atoms with Crippen molar-refractivity contribution in [3.05, 3.63) is 58.1 Å². The van der Waals surface area contributed by atoms with Gasteiger partial charge in [0.2, 0.25) is 0 Å². The van der Waals surface area contributed by atoms with Crippen LogP contribution in [0.4, 0.5) is 11.4 Å². The predicted octanol–water partition coefficient (Wildman–Crippen LogP) is 3.25. The Morgan fingerprint density at radius 3 is 2.34 bits per heavy atom. The lowest BCUT2D eigenvalue weighted by molar-refractivity contribution is -0.385. The molecule has 0 aliphatic heterocycles. The van der Waals surface area contributed by atoms with E-state index >= 15 is 0 Å². The average molecular weight is 402 g/mol. The minimum absolute atomic E-state index is 0.0313. The predicted molar refractivity (Wildman–Crippen MR) is 105 cm³/mol. The number of benzene rings is 2. The lowest BCUT2D eigenvalue weighted by Gasteiger charge is -2.09. The number of amides is 1. The highest BCUT2D eigenvalue weighted by Crippen LogP contribution is 2.22. The van der Waals surface area contributed by atoms with E-state index in [2.05, 4.69) is 5.32 Å². The Morgan fingerprint density at radius 1 is 1.07 bits per heavy atom. The van der Waals surface area contributed by atoms with E-state index in [1.54, 1.807) is 31.2 Å². The molecule has 0 bridgehead atoms.